The summed E-state index contributed by atoms with van der Waals surface area (Å²) in [7, 11) is 0. The number of carbonyl (C=O) groups excluding carboxylic acids is 3. The second kappa shape index (κ2) is 8.52. The maximum Gasteiger partial charge on any atom is 0.273 e. The van der Waals surface area contributed by atoms with Gasteiger partial charge in [0.15, 0.2) is 0 Å². The topological polar surface area (TPSA) is 117 Å². The van der Waals surface area contributed by atoms with Crippen LogP contribution < -0.4 is 20.9 Å². The lowest BCUT2D eigenvalue weighted by Crippen LogP contribution is -2.41. The van der Waals surface area contributed by atoms with E-state index >= 15 is 0 Å². The second-order valence-electron chi connectivity index (χ2n) is 5.28. The summed E-state index contributed by atoms with van der Waals surface area (Å²) in [6, 6.07) is 10.1. The quantitative estimate of drug-likeness (QED) is 0.609. The summed E-state index contributed by atoms with van der Waals surface area (Å²) in [5, 5.41) is 11.8. The van der Waals surface area contributed by atoms with Crippen molar-refractivity contribution in [3.05, 3.63) is 53.6 Å². The average Bonchev–Trinajstić information content (AvgIpc) is 2.60. The lowest BCUT2D eigenvalue weighted by molar-refractivity contribution is -0.114. The number of phenolic OH excluding ortho intramolecular Hbond substituents is 1. The molecule has 0 atom stereocenters. The molecule has 0 spiro atoms. The van der Waals surface area contributed by atoms with Gasteiger partial charge in [-0.1, -0.05) is 0 Å². The molecule has 0 saturated heterocycles. The summed E-state index contributed by atoms with van der Waals surface area (Å²) >= 11 is 0. The zero-order valence-electron chi connectivity index (χ0n) is 14.3. The smallest absolute Gasteiger partial charge is 0.273 e. The molecule has 0 unspecified atom stereocenters. The van der Waals surface area contributed by atoms with Gasteiger partial charge in [0.2, 0.25) is 5.91 Å². The normalized spacial score (nSPS) is 9.92. The molecule has 0 aliphatic heterocycles. The van der Waals surface area contributed by atoms with Gasteiger partial charge in [-0.05, 0) is 43.3 Å². The minimum atomic E-state index is -0.574. The first-order valence-corrected chi connectivity index (χ1v) is 7.85. The maximum absolute atomic E-state index is 12.3. The van der Waals surface area contributed by atoms with E-state index in [0.29, 0.717) is 12.3 Å². The first-order valence-electron chi connectivity index (χ1n) is 7.85. The van der Waals surface area contributed by atoms with Crippen molar-refractivity contribution in [2.45, 2.75) is 13.8 Å². The molecule has 0 fully saturated rings. The summed E-state index contributed by atoms with van der Waals surface area (Å²) < 4.78 is 5.43. The summed E-state index contributed by atoms with van der Waals surface area (Å²) in [5.41, 5.74) is 5.55. The molecule has 8 nitrogen and oxygen atoms in total. The van der Waals surface area contributed by atoms with Crippen molar-refractivity contribution >= 4 is 23.4 Å². The molecule has 0 heterocycles. The number of nitrogens with one attached hydrogen (secondary N) is 3. The standard InChI is InChI=1S/C18H19N3O5/c1-3-26-16-10-13(19-11(2)22)6-9-15(16)18(25)21-20-17(24)12-4-7-14(23)8-5-12/h4-10,23H,3H2,1-2H3,(H,19,22)(H,20,24)(H,21,25). The summed E-state index contributed by atoms with van der Waals surface area (Å²) in [4.78, 5) is 35.5. The van der Waals surface area contributed by atoms with Gasteiger partial charge < -0.3 is 15.2 Å². The van der Waals surface area contributed by atoms with E-state index in [-0.39, 0.29) is 28.5 Å². The highest BCUT2D eigenvalue weighted by Gasteiger charge is 2.15. The van der Waals surface area contributed by atoms with Crippen molar-refractivity contribution < 1.29 is 24.2 Å². The molecule has 0 bridgehead atoms. The fraction of sp³-hybridized carbons (Fsp3) is 0.167. The van der Waals surface area contributed by atoms with Crippen molar-refractivity contribution in [2.24, 2.45) is 0 Å². The third-order valence-electron chi connectivity index (χ3n) is 3.27. The zero-order chi connectivity index (χ0) is 19.1. The van der Waals surface area contributed by atoms with E-state index in [1.165, 1.54) is 43.3 Å². The van der Waals surface area contributed by atoms with Gasteiger partial charge in [-0.2, -0.15) is 0 Å². The molecular weight excluding hydrogens is 338 g/mol. The number of aromatic hydroxyl groups is 1. The molecule has 2 aromatic carbocycles. The number of phenols is 1. The largest absolute Gasteiger partial charge is 0.508 e. The average molecular weight is 357 g/mol. The van der Waals surface area contributed by atoms with Crippen LogP contribution in [0, 0.1) is 0 Å². The monoisotopic (exact) mass is 357 g/mol. The highest BCUT2D eigenvalue weighted by atomic mass is 16.5. The molecule has 4 N–H and O–H groups in total. The van der Waals surface area contributed by atoms with Crippen molar-refractivity contribution in [3.63, 3.8) is 0 Å². The first-order chi connectivity index (χ1) is 12.4. The molecule has 0 radical (unpaired) electrons. The number of amides is 3. The van der Waals surface area contributed by atoms with E-state index in [0.717, 1.165) is 0 Å². The summed E-state index contributed by atoms with van der Waals surface area (Å²) in [6.07, 6.45) is 0. The highest BCUT2D eigenvalue weighted by Crippen LogP contribution is 2.23. The number of rotatable bonds is 5. The van der Waals surface area contributed by atoms with Crippen LogP contribution in [-0.4, -0.2) is 29.4 Å². The van der Waals surface area contributed by atoms with E-state index in [2.05, 4.69) is 16.2 Å². The van der Waals surface area contributed by atoms with Gasteiger partial charge in [-0.15, -0.1) is 0 Å². The van der Waals surface area contributed by atoms with Gasteiger partial charge in [0, 0.05) is 24.2 Å². The van der Waals surface area contributed by atoms with Crippen LogP contribution in [0.15, 0.2) is 42.5 Å². The van der Waals surface area contributed by atoms with Crippen LogP contribution >= 0.6 is 0 Å². The molecular formula is C18H19N3O5. The Morgan fingerprint density at radius 3 is 2.27 bits per heavy atom. The van der Waals surface area contributed by atoms with Crippen LogP contribution in [0.5, 0.6) is 11.5 Å². The molecule has 0 aliphatic rings. The van der Waals surface area contributed by atoms with Crippen LogP contribution in [-0.2, 0) is 4.79 Å². The molecule has 2 aromatic rings. The number of benzene rings is 2. The Labute approximate surface area is 150 Å². The van der Waals surface area contributed by atoms with Crippen molar-refractivity contribution in [2.75, 3.05) is 11.9 Å². The molecule has 0 aromatic heterocycles. The van der Waals surface area contributed by atoms with Gasteiger partial charge in [0.1, 0.15) is 11.5 Å². The number of carbonyl (C=O) groups is 3. The third kappa shape index (κ3) is 4.97. The first kappa shape index (κ1) is 18.8. The van der Waals surface area contributed by atoms with Crippen molar-refractivity contribution in [1.29, 1.82) is 0 Å². The van der Waals surface area contributed by atoms with Crippen LogP contribution in [0.3, 0.4) is 0 Å². The Bertz CT molecular complexity index is 818. The maximum atomic E-state index is 12.3. The predicted molar refractivity (Wildman–Crippen MR) is 95.0 cm³/mol. The lowest BCUT2D eigenvalue weighted by Gasteiger charge is -2.13. The Hall–Kier alpha value is -3.55. The fourth-order valence-corrected chi connectivity index (χ4v) is 2.13. The van der Waals surface area contributed by atoms with Gasteiger partial charge in [0.25, 0.3) is 11.8 Å². The van der Waals surface area contributed by atoms with E-state index in [4.69, 9.17) is 4.74 Å². The molecule has 0 saturated carbocycles. The molecule has 3 amide bonds. The number of hydrazine groups is 1. The van der Waals surface area contributed by atoms with E-state index in [1.807, 2.05) is 0 Å². The Balaban J connectivity index is 2.09. The minimum absolute atomic E-state index is 0.0335. The van der Waals surface area contributed by atoms with Crippen molar-refractivity contribution in [3.8, 4) is 11.5 Å². The van der Waals surface area contributed by atoms with E-state index < -0.39 is 11.8 Å². The van der Waals surface area contributed by atoms with Crippen LogP contribution in [0.2, 0.25) is 0 Å². The Morgan fingerprint density at radius 2 is 1.65 bits per heavy atom. The summed E-state index contributed by atoms with van der Waals surface area (Å²) in [5.74, 6) is -1.05. The minimum Gasteiger partial charge on any atom is -0.508 e. The lowest BCUT2D eigenvalue weighted by atomic mass is 10.1. The van der Waals surface area contributed by atoms with E-state index in [9.17, 15) is 19.5 Å². The molecule has 0 aliphatic carbocycles. The Morgan fingerprint density at radius 1 is 1.00 bits per heavy atom. The van der Waals surface area contributed by atoms with Gasteiger partial charge in [-0.25, -0.2) is 0 Å². The Kier molecular flexibility index (Phi) is 6.15. The second-order valence-corrected chi connectivity index (χ2v) is 5.28. The van der Waals surface area contributed by atoms with Crippen LogP contribution in [0.25, 0.3) is 0 Å². The fourth-order valence-electron chi connectivity index (χ4n) is 2.13. The zero-order valence-corrected chi connectivity index (χ0v) is 14.3. The molecule has 26 heavy (non-hydrogen) atoms. The van der Waals surface area contributed by atoms with Gasteiger partial charge >= 0.3 is 0 Å². The van der Waals surface area contributed by atoms with Crippen LogP contribution in [0.1, 0.15) is 34.6 Å². The molecule has 2 rings (SSSR count). The number of ether oxygens (including phenoxy) is 1. The van der Waals surface area contributed by atoms with Crippen LogP contribution in [0.4, 0.5) is 5.69 Å². The third-order valence-corrected chi connectivity index (χ3v) is 3.27. The SMILES string of the molecule is CCOc1cc(NC(C)=O)ccc1C(=O)NNC(=O)c1ccc(O)cc1. The predicted octanol–water partition coefficient (Wildman–Crippen LogP) is 1.82. The van der Waals surface area contributed by atoms with Gasteiger partial charge in [-0.3, -0.25) is 25.2 Å². The van der Waals surface area contributed by atoms with Gasteiger partial charge in [0.05, 0.1) is 12.2 Å². The number of hydrogen-bond donors (Lipinski definition) is 4. The molecule has 136 valence electrons. The molecule has 8 heteroatoms. The van der Waals surface area contributed by atoms with E-state index in [1.54, 1.807) is 13.0 Å². The highest BCUT2D eigenvalue weighted by molar-refractivity contribution is 6.01. The number of hydrogen-bond acceptors (Lipinski definition) is 5. The number of anilines is 1. The van der Waals surface area contributed by atoms with Crippen molar-refractivity contribution in [1.82, 2.24) is 10.9 Å². The summed E-state index contributed by atoms with van der Waals surface area (Å²) in [6.45, 7) is 3.46.